The van der Waals surface area contributed by atoms with Crippen molar-refractivity contribution in [2.45, 2.75) is 71.4 Å². The van der Waals surface area contributed by atoms with Gasteiger partial charge in [-0.15, -0.1) is 0 Å². The lowest BCUT2D eigenvalue weighted by Gasteiger charge is -2.22. The molecule has 3 atom stereocenters. The van der Waals surface area contributed by atoms with Gasteiger partial charge in [0.15, 0.2) is 0 Å². The molecular weight excluding hydrogens is 342 g/mol. The molecule has 5 heteroatoms. The van der Waals surface area contributed by atoms with E-state index in [-0.39, 0.29) is 35.7 Å². The third-order valence-corrected chi connectivity index (χ3v) is 5.80. The van der Waals surface area contributed by atoms with Crippen LogP contribution in [-0.4, -0.2) is 28.7 Å². The fourth-order valence-corrected chi connectivity index (χ4v) is 4.05. The van der Waals surface area contributed by atoms with E-state index in [1.54, 1.807) is 6.92 Å². The van der Waals surface area contributed by atoms with Gasteiger partial charge in [-0.05, 0) is 36.3 Å². The van der Waals surface area contributed by atoms with Gasteiger partial charge in [0.2, 0.25) is 11.8 Å². The quantitative estimate of drug-likeness (QED) is 0.599. The molecule has 0 radical (unpaired) electrons. The third-order valence-electron chi connectivity index (χ3n) is 5.80. The predicted molar refractivity (Wildman–Crippen MR) is 102 cm³/mol. The van der Waals surface area contributed by atoms with Crippen LogP contribution in [0.5, 0.6) is 0 Å². The summed E-state index contributed by atoms with van der Waals surface area (Å²) in [6.07, 6.45) is 3.43. The first-order chi connectivity index (χ1) is 12.7. The fraction of sp³-hybridized carbons (Fsp3) is 0.591. The minimum atomic E-state index is -0.871. The molecule has 0 bridgehead atoms. The molecule has 1 aromatic rings. The number of ether oxygens (including phenoxy) is 1. The highest BCUT2D eigenvalue weighted by molar-refractivity contribution is 6.07. The lowest BCUT2D eigenvalue weighted by atomic mass is 9.81. The molecule has 2 unspecified atom stereocenters. The normalized spacial score (nSPS) is 23.9. The lowest BCUT2D eigenvalue weighted by Crippen LogP contribution is -2.44. The summed E-state index contributed by atoms with van der Waals surface area (Å²) in [7, 11) is 0. The van der Waals surface area contributed by atoms with Crippen LogP contribution in [0.2, 0.25) is 0 Å². The number of benzene rings is 1. The average molecular weight is 371 g/mol. The SMILES string of the molecule is C[C@@H](C(=O)OCc1ccc(C(C)(C)C)cc1)N1C(=O)C2CCCCC2C1=O. The van der Waals surface area contributed by atoms with Crippen molar-refractivity contribution in [2.75, 3.05) is 0 Å². The second-order valence-electron chi connectivity index (χ2n) is 8.77. The zero-order chi connectivity index (χ0) is 19.8. The van der Waals surface area contributed by atoms with Gasteiger partial charge in [-0.3, -0.25) is 14.5 Å². The summed E-state index contributed by atoms with van der Waals surface area (Å²) in [5.74, 6) is -1.43. The number of carbonyl (C=O) groups excluding carboxylic acids is 3. The summed E-state index contributed by atoms with van der Waals surface area (Å²) >= 11 is 0. The Morgan fingerprint density at radius 1 is 1.07 bits per heavy atom. The Labute approximate surface area is 161 Å². The molecule has 2 fully saturated rings. The summed E-state index contributed by atoms with van der Waals surface area (Å²) in [5.41, 5.74) is 2.16. The standard InChI is InChI=1S/C22H29NO4/c1-14(23-19(24)17-7-5-6-8-18(17)20(23)25)21(26)27-13-15-9-11-16(12-10-15)22(2,3)4/h9-12,14,17-18H,5-8,13H2,1-4H3/t14-,17?,18?/m0/s1. The van der Waals surface area contributed by atoms with Gasteiger partial charge in [0.05, 0.1) is 11.8 Å². The number of fused-ring (bicyclic) bond motifs is 1. The van der Waals surface area contributed by atoms with Gasteiger partial charge in [0, 0.05) is 0 Å². The smallest absolute Gasteiger partial charge is 0.329 e. The van der Waals surface area contributed by atoms with Gasteiger partial charge in [0.1, 0.15) is 12.6 Å². The Bertz CT molecular complexity index is 708. The summed E-state index contributed by atoms with van der Waals surface area (Å²) in [6, 6.07) is 7.08. The van der Waals surface area contributed by atoms with E-state index in [1.165, 1.54) is 5.56 Å². The van der Waals surface area contributed by atoms with Crippen molar-refractivity contribution < 1.29 is 19.1 Å². The number of carbonyl (C=O) groups is 3. The molecule has 1 saturated carbocycles. The Balaban J connectivity index is 1.61. The molecule has 3 rings (SSSR count). The van der Waals surface area contributed by atoms with Gasteiger partial charge < -0.3 is 4.74 Å². The summed E-state index contributed by atoms with van der Waals surface area (Å²) in [6.45, 7) is 8.15. The number of hydrogen-bond acceptors (Lipinski definition) is 4. The van der Waals surface area contributed by atoms with Crippen molar-refractivity contribution in [3.05, 3.63) is 35.4 Å². The third kappa shape index (κ3) is 3.92. The molecule has 2 aliphatic rings. The van der Waals surface area contributed by atoms with E-state index in [2.05, 4.69) is 20.8 Å². The van der Waals surface area contributed by atoms with Crippen LogP contribution in [-0.2, 0) is 31.1 Å². The largest absolute Gasteiger partial charge is 0.459 e. The Hall–Kier alpha value is -2.17. The van der Waals surface area contributed by atoms with Gasteiger partial charge in [-0.25, -0.2) is 4.79 Å². The first-order valence-corrected chi connectivity index (χ1v) is 9.83. The molecule has 27 heavy (non-hydrogen) atoms. The number of likely N-dealkylation sites (tertiary alicyclic amines) is 1. The van der Waals surface area contributed by atoms with Crippen LogP contribution < -0.4 is 0 Å². The molecule has 2 amide bonds. The highest BCUT2D eigenvalue weighted by atomic mass is 16.5. The maximum absolute atomic E-state index is 12.6. The molecule has 1 aromatic carbocycles. The zero-order valence-corrected chi connectivity index (χ0v) is 16.7. The second kappa shape index (κ2) is 7.45. The van der Waals surface area contributed by atoms with E-state index in [0.717, 1.165) is 36.1 Å². The molecule has 1 saturated heterocycles. The number of hydrogen-bond donors (Lipinski definition) is 0. The number of amides is 2. The topological polar surface area (TPSA) is 63.7 Å². The van der Waals surface area contributed by atoms with E-state index in [1.807, 2.05) is 24.3 Å². The van der Waals surface area contributed by atoms with Crippen LogP contribution in [0.4, 0.5) is 0 Å². The monoisotopic (exact) mass is 371 g/mol. The number of esters is 1. The molecule has 0 N–H and O–H groups in total. The summed E-state index contributed by atoms with van der Waals surface area (Å²) < 4.78 is 5.39. The molecule has 0 aromatic heterocycles. The van der Waals surface area contributed by atoms with Crippen molar-refractivity contribution in [1.82, 2.24) is 4.90 Å². The molecule has 0 spiro atoms. The van der Waals surface area contributed by atoms with Crippen LogP contribution in [0, 0.1) is 11.8 Å². The van der Waals surface area contributed by atoms with E-state index in [0.29, 0.717) is 0 Å². The van der Waals surface area contributed by atoms with Gasteiger partial charge >= 0.3 is 5.97 Å². The Morgan fingerprint density at radius 3 is 2.07 bits per heavy atom. The molecule has 1 aliphatic heterocycles. The minimum absolute atomic E-state index is 0.0664. The maximum atomic E-state index is 12.6. The highest BCUT2D eigenvalue weighted by Gasteiger charge is 2.51. The number of nitrogens with zero attached hydrogens (tertiary/aromatic N) is 1. The molecule has 146 valence electrons. The van der Waals surface area contributed by atoms with Gasteiger partial charge in [-0.1, -0.05) is 57.9 Å². The number of rotatable bonds is 4. The second-order valence-corrected chi connectivity index (χ2v) is 8.77. The van der Waals surface area contributed by atoms with Crippen molar-refractivity contribution >= 4 is 17.8 Å². The van der Waals surface area contributed by atoms with Crippen LogP contribution in [0.1, 0.15) is 64.5 Å². The van der Waals surface area contributed by atoms with Crippen LogP contribution >= 0.6 is 0 Å². The van der Waals surface area contributed by atoms with Crippen molar-refractivity contribution in [3.8, 4) is 0 Å². The van der Waals surface area contributed by atoms with Crippen LogP contribution in [0.15, 0.2) is 24.3 Å². The maximum Gasteiger partial charge on any atom is 0.329 e. The molecule has 5 nitrogen and oxygen atoms in total. The van der Waals surface area contributed by atoms with Crippen molar-refractivity contribution in [3.63, 3.8) is 0 Å². The molecular formula is C22H29NO4. The fourth-order valence-electron chi connectivity index (χ4n) is 4.05. The van der Waals surface area contributed by atoms with E-state index < -0.39 is 12.0 Å². The Morgan fingerprint density at radius 2 is 1.59 bits per heavy atom. The molecule has 1 aliphatic carbocycles. The van der Waals surface area contributed by atoms with Crippen LogP contribution in [0.25, 0.3) is 0 Å². The van der Waals surface area contributed by atoms with Crippen molar-refractivity contribution in [2.24, 2.45) is 11.8 Å². The minimum Gasteiger partial charge on any atom is -0.459 e. The highest BCUT2D eigenvalue weighted by Crippen LogP contribution is 2.39. The zero-order valence-electron chi connectivity index (χ0n) is 16.7. The Kier molecular flexibility index (Phi) is 5.41. The van der Waals surface area contributed by atoms with E-state index in [4.69, 9.17) is 4.74 Å². The van der Waals surface area contributed by atoms with Gasteiger partial charge in [0.25, 0.3) is 0 Å². The van der Waals surface area contributed by atoms with E-state index >= 15 is 0 Å². The predicted octanol–water partition coefficient (Wildman–Crippen LogP) is 3.59. The summed E-state index contributed by atoms with van der Waals surface area (Å²) in [4.78, 5) is 38.8. The first-order valence-electron chi connectivity index (χ1n) is 9.83. The van der Waals surface area contributed by atoms with Gasteiger partial charge in [-0.2, -0.15) is 0 Å². The summed E-state index contributed by atoms with van der Waals surface area (Å²) in [5, 5.41) is 0. The average Bonchev–Trinajstić information content (AvgIpc) is 2.90. The molecule has 1 heterocycles. The van der Waals surface area contributed by atoms with Crippen molar-refractivity contribution in [1.29, 1.82) is 0 Å². The van der Waals surface area contributed by atoms with E-state index in [9.17, 15) is 14.4 Å². The lowest BCUT2D eigenvalue weighted by molar-refractivity contribution is -0.159. The number of imide groups is 1. The van der Waals surface area contributed by atoms with Crippen LogP contribution in [0.3, 0.4) is 0 Å². The first kappa shape index (κ1) is 19.6.